The molecule has 0 aliphatic carbocycles. The smallest absolute Gasteiger partial charge is 0.307 e. The van der Waals surface area contributed by atoms with Crippen molar-refractivity contribution in [1.29, 1.82) is 0 Å². The molecule has 0 heterocycles. The summed E-state index contributed by atoms with van der Waals surface area (Å²) in [5.74, 6) is -0.369. The molecule has 0 saturated carbocycles. The molecule has 0 radical (unpaired) electrons. The first kappa shape index (κ1) is 15.0. The number of fused-ring (bicyclic) bond motifs is 1. The van der Waals surface area contributed by atoms with Gasteiger partial charge < -0.3 is 9.64 Å². The second kappa shape index (κ2) is 6.88. The maximum Gasteiger partial charge on any atom is 0.307 e. The Morgan fingerprint density at radius 3 is 2.48 bits per heavy atom. The first-order chi connectivity index (χ1) is 10.2. The number of nitrogens with zero attached hydrogens (tertiary/aromatic N) is 1. The minimum absolute atomic E-state index is 0.0628. The number of rotatable bonds is 5. The van der Waals surface area contributed by atoms with Crippen molar-refractivity contribution in [1.82, 2.24) is 4.90 Å². The van der Waals surface area contributed by atoms with E-state index in [1.165, 1.54) is 7.11 Å². The van der Waals surface area contributed by atoms with Crippen molar-refractivity contribution >= 4 is 22.6 Å². The minimum Gasteiger partial charge on any atom is -0.469 e. The molecule has 0 aliphatic heterocycles. The van der Waals surface area contributed by atoms with Crippen molar-refractivity contribution in [3.8, 4) is 0 Å². The fraction of sp³-hybridized carbons (Fsp3) is 0.294. The molecule has 0 unspecified atom stereocenters. The number of hydrogen-bond acceptors (Lipinski definition) is 3. The van der Waals surface area contributed by atoms with Crippen molar-refractivity contribution in [3.05, 3.63) is 48.0 Å². The molecule has 0 spiro atoms. The van der Waals surface area contributed by atoms with Crippen LogP contribution in [0, 0.1) is 0 Å². The van der Waals surface area contributed by atoms with Crippen molar-refractivity contribution in [3.63, 3.8) is 0 Å². The second-order valence-corrected chi connectivity index (χ2v) is 4.77. The van der Waals surface area contributed by atoms with Gasteiger partial charge in [0.1, 0.15) is 0 Å². The Bertz CT molecular complexity index is 651. The number of amides is 1. The van der Waals surface area contributed by atoms with Gasteiger partial charge in [0, 0.05) is 18.7 Å². The Kier molecular flexibility index (Phi) is 4.93. The summed E-state index contributed by atoms with van der Waals surface area (Å²) in [7, 11) is 1.35. The highest BCUT2D eigenvalue weighted by atomic mass is 16.5. The lowest BCUT2D eigenvalue weighted by Crippen LogP contribution is -2.33. The SMILES string of the molecule is CCN(CCC(=O)OC)C(=O)c1ccc2ccccc2c1. The Hall–Kier alpha value is -2.36. The fourth-order valence-electron chi connectivity index (χ4n) is 2.24. The monoisotopic (exact) mass is 285 g/mol. The molecule has 0 fully saturated rings. The van der Waals surface area contributed by atoms with Crippen LogP contribution in [0.1, 0.15) is 23.7 Å². The molecule has 0 saturated heterocycles. The van der Waals surface area contributed by atoms with Crippen LogP contribution in [0.3, 0.4) is 0 Å². The summed E-state index contributed by atoms with van der Waals surface area (Å²) >= 11 is 0. The molecule has 0 atom stereocenters. The van der Waals surface area contributed by atoms with Crippen LogP contribution in [0.4, 0.5) is 0 Å². The van der Waals surface area contributed by atoms with Gasteiger partial charge in [-0.2, -0.15) is 0 Å². The Morgan fingerprint density at radius 2 is 1.81 bits per heavy atom. The van der Waals surface area contributed by atoms with Gasteiger partial charge in [0.2, 0.25) is 0 Å². The third-order valence-corrected chi connectivity index (χ3v) is 3.48. The van der Waals surface area contributed by atoms with Crippen LogP contribution in [0.2, 0.25) is 0 Å². The zero-order valence-electron chi connectivity index (χ0n) is 12.3. The molecular formula is C17H19NO3. The average Bonchev–Trinajstić information content (AvgIpc) is 2.54. The predicted octanol–water partition coefficient (Wildman–Crippen LogP) is 2.87. The summed E-state index contributed by atoms with van der Waals surface area (Å²) in [5, 5.41) is 2.14. The number of ether oxygens (including phenoxy) is 1. The van der Waals surface area contributed by atoms with E-state index < -0.39 is 0 Å². The largest absolute Gasteiger partial charge is 0.469 e. The van der Waals surface area contributed by atoms with E-state index in [1.807, 2.05) is 49.4 Å². The van der Waals surface area contributed by atoms with Gasteiger partial charge in [-0.1, -0.05) is 30.3 Å². The predicted molar refractivity (Wildman–Crippen MR) is 82.2 cm³/mol. The van der Waals surface area contributed by atoms with E-state index in [0.29, 0.717) is 18.7 Å². The van der Waals surface area contributed by atoms with Gasteiger partial charge in [0.05, 0.1) is 13.5 Å². The topological polar surface area (TPSA) is 46.6 Å². The van der Waals surface area contributed by atoms with E-state index >= 15 is 0 Å². The number of benzene rings is 2. The van der Waals surface area contributed by atoms with Crippen molar-refractivity contribution < 1.29 is 14.3 Å². The minimum atomic E-state index is -0.306. The van der Waals surface area contributed by atoms with E-state index in [1.54, 1.807) is 4.90 Å². The molecule has 4 heteroatoms. The third-order valence-electron chi connectivity index (χ3n) is 3.48. The van der Waals surface area contributed by atoms with Gasteiger partial charge in [-0.05, 0) is 29.8 Å². The number of carbonyl (C=O) groups excluding carboxylic acids is 2. The van der Waals surface area contributed by atoms with E-state index in [0.717, 1.165) is 10.8 Å². The third kappa shape index (κ3) is 3.60. The maximum absolute atomic E-state index is 12.5. The summed E-state index contributed by atoms with van der Waals surface area (Å²) in [6.45, 7) is 2.83. The molecule has 0 aromatic heterocycles. The van der Waals surface area contributed by atoms with Gasteiger partial charge in [0.15, 0.2) is 0 Å². The average molecular weight is 285 g/mol. The first-order valence-corrected chi connectivity index (χ1v) is 7.00. The molecule has 0 N–H and O–H groups in total. The van der Waals surface area contributed by atoms with Gasteiger partial charge in [-0.3, -0.25) is 9.59 Å². The van der Waals surface area contributed by atoms with E-state index in [-0.39, 0.29) is 18.3 Å². The Balaban J connectivity index is 2.16. The van der Waals surface area contributed by atoms with E-state index in [9.17, 15) is 9.59 Å². The molecule has 2 aromatic carbocycles. The molecule has 2 rings (SSSR count). The van der Waals surface area contributed by atoms with Crippen molar-refractivity contribution in [2.75, 3.05) is 20.2 Å². The van der Waals surface area contributed by atoms with Crippen LogP contribution in [0.15, 0.2) is 42.5 Å². The van der Waals surface area contributed by atoms with Gasteiger partial charge in [-0.15, -0.1) is 0 Å². The van der Waals surface area contributed by atoms with Crippen LogP contribution in [-0.4, -0.2) is 37.0 Å². The van der Waals surface area contributed by atoms with Crippen molar-refractivity contribution in [2.45, 2.75) is 13.3 Å². The summed E-state index contributed by atoms with van der Waals surface area (Å²) in [4.78, 5) is 25.4. The van der Waals surface area contributed by atoms with Crippen LogP contribution in [-0.2, 0) is 9.53 Å². The summed E-state index contributed by atoms with van der Waals surface area (Å²) in [6, 6.07) is 13.6. The lowest BCUT2D eigenvalue weighted by molar-refractivity contribution is -0.140. The van der Waals surface area contributed by atoms with Crippen LogP contribution in [0.25, 0.3) is 10.8 Å². The van der Waals surface area contributed by atoms with Crippen LogP contribution < -0.4 is 0 Å². The van der Waals surface area contributed by atoms with Gasteiger partial charge >= 0.3 is 5.97 Å². The normalized spacial score (nSPS) is 10.4. The van der Waals surface area contributed by atoms with Gasteiger partial charge in [0.25, 0.3) is 5.91 Å². The second-order valence-electron chi connectivity index (χ2n) is 4.77. The molecule has 2 aromatic rings. The molecule has 1 amide bonds. The summed E-state index contributed by atoms with van der Waals surface area (Å²) < 4.78 is 4.61. The highest BCUT2D eigenvalue weighted by Crippen LogP contribution is 2.17. The molecule has 110 valence electrons. The van der Waals surface area contributed by atoms with E-state index in [2.05, 4.69) is 4.74 Å². The lowest BCUT2D eigenvalue weighted by atomic mass is 10.1. The number of hydrogen-bond donors (Lipinski definition) is 0. The zero-order valence-corrected chi connectivity index (χ0v) is 12.3. The summed E-state index contributed by atoms with van der Waals surface area (Å²) in [5.41, 5.74) is 0.639. The molecule has 0 bridgehead atoms. The number of methoxy groups -OCH3 is 1. The molecular weight excluding hydrogens is 266 g/mol. The Morgan fingerprint density at radius 1 is 1.10 bits per heavy atom. The quantitative estimate of drug-likeness (QED) is 0.794. The molecule has 21 heavy (non-hydrogen) atoms. The number of esters is 1. The van der Waals surface area contributed by atoms with Crippen LogP contribution >= 0.6 is 0 Å². The standard InChI is InChI=1S/C17H19NO3/c1-3-18(11-10-16(19)21-2)17(20)15-9-8-13-6-4-5-7-14(13)12-15/h4-9,12H,3,10-11H2,1-2H3. The van der Waals surface area contributed by atoms with Crippen LogP contribution in [0.5, 0.6) is 0 Å². The van der Waals surface area contributed by atoms with E-state index in [4.69, 9.17) is 0 Å². The molecule has 0 aliphatic rings. The molecule has 4 nitrogen and oxygen atoms in total. The fourth-order valence-corrected chi connectivity index (χ4v) is 2.24. The van der Waals surface area contributed by atoms with Crippen molar-refractivity contribution in [2.24, 2.45) is 0 Å². The number of carbonyl (C=O) groups is 2. The highest BCUT2D eigenvalue weighted by molar-refractivity contribution is 5.98. The zero-order chi connectivity index (χ0) is 15.2. The summed E-state index contributed by atoms with van der Waals surface area (Å²) in [6.07, 6.45) is 0.212. The first-order valence-electron chi connectivity index (χ1n) is 7.00. The Labute approximate surface area is 124 Å². The highest BCUT2D eigenvalue weighted by Gasteiger charge is 2.15. The lowest BCUT2D eigenvalue weighted by Gasteiger charge is -2.20. The maximum atomic E-state index is 12.5. The van der Waals surface area contributed by atoms with Gasteiger partial charge in [-0.25, -0.2) is 0 Å².